The number of carbonyl (C=O) groups excluding carboxylic acids is 2. The molecule has 0 bridgehead atoms. The number of benzene rings is 1. The van der Waals surface area contributed by atoms with Crippen LogP contribution in [0.15, 0.2) is 12.1 Å². The molecule has 1 aliphatic heterocycles. The Morgan fingerprint density at radius 2 is 1.63 bits per heavy atom. The minimum Gasteiger partial charge on any atom is -0.496 e. The Balaban J connectivity index is 2.53. The lowest BCUT2D eigenvalue weighted by atomic mass is 9.73. The number of imide groups is 1. The number of nitrogens with one attached hydrogen (secondary N) is 1. The van der Waals surface area contributed by atoms with Crippen LogP contribution in [0.4, 0.5) is 0 Å². The van der Waals surface area contributed by atoms with Gasteiger partial charge in [-0.1, -0.05) is 13.0 Å². The summed E-state index contributed by atoms with van der Waals surface area (Å²) in [6, 6.07) is 3.99. The Bertz CT molecular complexity index is 533. The first-order chi connectivity index (χ1) is 8.85. The summed E-state index contributed by atoms with van der Waals surface area (Å²) in [5.41, 5.74) is 2.70. The van der Waals surface area contributed by atoms with Gasteiger partial charge in [-0.05, 0) is 31.0 Å². The van der Waals surface area contributed by atoms with Crippen LogP contribution in [-0.4, -0.2) is 18.9 Å². The molecule has 1 saturated heterocycles. The molecule has 0 spiro atoms. The van der Waals surface area contributed by atoms with Crippen LogP contribution >= 0.6 is 0 Å². The van der Waals surface area contributed by atoms with E-state index in [1.807, 2.05) is 32.9 Å². The minimum absolute atomic E-state index is 0.223. The molecule has 4 heteroatoms. The number of piperidine rings is 1. The van der Waals surface area contributed by atoms with E-state index in [0.717, 1.165) is 22.4 Å². The molecular weight excluding hydrogens is 242 g/mol. The first-order valence-electron chi connectivity index (χ1n) is 6.34. The van der Waals surface area contributed by atoms with Crippen LogP contribution in [0.1, 0.15) is 36.5 Å². The van der Waals surface area contributed by atoms with E-state index in [9.17, 15) is 9.59 Å². The highest BCUT2D eigenvalue weighted by atomic mass is 16.5. The Kier molecular flexibility index (Phi) is 3.35. The first kappa shape index (κ1) is 13.6. The molecule has 1 aromatic rings. The second kappa shape index (κ2) is 4.68. The minimum atomic E-state index is -0.497. The van der Waals surface area contributed by atoms with E-state index in [2.05, 4.69) is 5.32 Å². The summed E-state index contributed by atoms with van der Waals surface area (Å²) in [4.78, 5) is 23.3. The van der Waals surface area contributed by atoms with Crippen LogP contribution in [0.5, 0.6) is 5.75 Å². The van der Waals surface area contributed by atoms with Crippen LogP contribution in [0.25, 0.3) is 0 Å². The highest BCUT2D eigenvalue weighted by molar-refractivity contribution is 5.99. The van der Waals surface area contributed by atoms with Crippen molar-refractivity contribution in [2.45, 2.75) is 39.0 Å². The number of aryl methyl sites for hydroxylation is 2. The fraction of sp³-hybridized carbons (Fsp3) is 0.467. The van der Waals surface area contributed by atoms with Crippen molar-refractivity contribution < 1.29 is 14.3 Å². The maximum absolute atomic E-state index is 11.6. The molecule has 102 valence electrons. The molecule has 19 heavy (non-hydrogen) atoms. The van der Waals surface area contributed by atoms with Crippen LogP contribution in [0, 0.1) is 13.8 Å². The molecule has 1 heterocycles. The third-order valence-electron chi connectivity index (χ3n) is 3.85. The number of carbonyl (C=O) groups is 2. The molecule has 1 N–H and O–H groups in total. The third kappa shape index (κ3) is 2.48. The van der Waals surface area contributed by atoms with Gasteiger partial charge in [0.1, 0.15) is 5.75 Å². The number of hydrogen-bond donors (Lipinski definition) is 1. The average Bonchev–Trinajstić information content (AvgIpc) is 2.30. The summed E-state index contributed by atoms with van der Waals surface area (Å²) in [7, 11) is 1.61. The predicted molar refractivity (Wildman–Crippen MR) is 72.2 cm³/mol. The van der Waals surface area contributed by atoms with Crippen molar-refractivity contribution in [1.82, 2.24) is 5.32 Å². The van der Waals surface area contributed by atoms with Gasteiger partial charge in [0, 0.05) is 23.8 Å². The molecule has 0 radical (unpaired) electrons. The summed E-state index contributed by atoms with van der Waals surface area (Å²) in [5.74, 6) is 0.297. The van der Waals surface area contributed by atoms with Gasteiger partial charge in [-0.15, -0.1) is 0 Å². The lowest BCUT2D eigenvalue weighted by Crippen LogP contribution is -2.45. The fourth-order valence-corrected chi connectivity index (χ4v) is 2.64. The fourth-order valence-electron chi connectivity index (χ4n) is 2.64. The molecule has 0 aliphatic carbocycles. The number of amides is 2. The molecule has 0 atom stereocenters. The van der Waals surface area contributed by atoms with Crippen molar-refractivity contribution in [2.24, 2.45) is 0 Å². The summed E-state index contributed by atoms with van der Waals surface area (Å²) < 4.78 is 5.43. The summed E-state index contributed by atoms with van der Waals surface area (Å²) in [6.45, 7) is 5.98. The molecule has 1 aromatic carbocycles. The van der Waals surface area contributed by atoms with E-state index in [-0.39, 0.29) is 11.8 Å². The van der Waals surface area contributed by atoms with E-state index in [1.165, 1.54) is 0 Å². The molecule has 2 amide bonds. The molecule has 1 aliphatic rings. The zero-order valence-corrected chi connectivity index (χ0v) is 11.8. The van der Waals surface area contributed by atoms with E-state index in [4.69, 9.17) is 4.74 Å². The summed E-state index contributed by atoms with van der Waals surface area (Å²) >= 11 is 0. The lowest BCUT2D eigenvalue weighted by molar-refractivity contribution is -0.135. The number of ether oxygens (including phenoxy) is 1. The smallest absolute Gasteiger partial charge is 0.227 e. The number of rotatable bonds is 2. The number of methoxy groups -OCH3 is 1. The van der Waals surface area contributed by atoms with Crippen molar-refractivity contribution >= 4 is 11.8 Å². The van der Waals surface area contributed by atoms with Crippen molar-refractivity contribution in [3.05, 3.63) is 28.8 Å². The standard InChI is InChI=1S/C15H19NO3/c1-9-5-11(12(19-4)6-10(9)2)15(3)7-13(17)16-14(18)8-15/h5-6H,7-8H2,1-4H3,(H,16,17,18). The molecular formula is C15H19NO3. The van der Waals surface area contributed by atoms with Crippen LogP contribution in [0.3, 0.4) is 0 Å². The molecule has 4 nitrogen and oxygen atoms in total. The second-order valence-electron chi connectivity index (χ2n) is 5.52. The van der Waals surface area contributed by atoms with Crippen LogP contribution in [-0.2, 0) is 15.0 Å². The van der Waals surface area contributed by atoms with Gasteiger partial charge in [-0.3, -0.25) is 14.9 Å². The molecule has 0 saturated carbocycles. The largest absolute Gasteiger partial charge is 0.496 e. The van der Waals surface area contributed by atoms with Crippen molar-refractivity contribution in [1.29, 1.82) is 0 Å². The van der Waals surface area contributed by atoms with Crippen LogP contribution in [0.2, 0.25) is 0 Å². The van der Waals surface area contributed by atoms with Gasteiger partial charge >= 0.3 is 0 Å². The number of hydrogen-bond acceptors (Lipinski definition) is 3. The van der Waals surface area contributed by atoms with Crippen molar-refractivity contribution in [3.8, 4) is 5.75 Å². The highest BCUT2D eigenvalue weighted by Gasteiger charge is 2.39. The van der Waals surface area contributed by atoms with Gasteiger partial charge in [-0.25, -0.2) is 0 Å². The highest BCUT2D eigenvalue weighted by Crippen LogP contribution is 2.40. The summed E-state index contributed by atoms with van der Waals surface area (Å²) in [5, 5.41) is 2.35. The molecule has 2 rings (SSSR count). The maximum atomic E-state index is 11.6. The van der Waals surface area contributed by atoms with Gasteiger partial charge in [-0.2, -0.15) is 0 Å². The maximum Gasteiger partial charge on any atom is 0.227 e. The predicted octanol–water partition coefficient (Wildman–Crippen LogP) is 2.01. The zero-order chi connectivity index (χ0) is 14.2. The first-order valence-corrected chi connectivity index (χ1v) is 6.34. The van der Waals surface area contributed by atoms with Crippen molar-refractivity contribution in [3.63, 3.8) is 0 Å². The lowest BCUT2D eigenvalue weighted by Gasteiger charge is -2.34. The van der Waals surface area contributed by atoms with E-state index in [1.54, 1.807) is 7.11 Å². The van der Waals surface area contributed by atoms with E-state index >= 15 is 0 Å². The van der Waals surface area contributed by atoms with Gasteiger partial charge in [0.25, 0.3) is 0 Å². The van der Waals surface area contributed by atoms with Crippen LogP contribution < -0.4 is 10.1 Å². The van der Waals surface area contributed by atoms with Crippen molar-refractivity contribution in [2.75, 3.05) is 7.11 Å². The quantitative estimate of drug-likeness (QED) is 0.828. The Morgan fingerprint density at radius 3 is 2.16 bits per heavy atom. The van der Waals surface area contributed by atoms with Gasteiger partial charge in [0.2, 0.25) is 11.8 Å². The zero-order valence-electron chi connectivity index (χ0n) is 11.8. The SMILES string of the molecule is COc1cc(C)c(C)cc1C1(C)CC(=O)NC(=O)C1. The Labute approximate surface area is 113 Å². The van der Waals surface area contributed by atoms with E-state index < -0.39 is 5.41 Å². The Morgan fingerprint density at radius 1 is 1.11 bits per heavy atom. The normalized spacial score (nSPS) is 18.1. The van der Waals surface area contributed by atoms with Gasteiger partial charge < -0.3 is 4.74 Å². The van der Waals surface area contributed by atoms with E-state index in [0.29, 0.717) is 12.8 Å². The van der Waals surface area contributed by atoms with Gasteiger partial charge in [0.15, 0.2) is 0 Å². The topological polar surface area (TPSA) is 55.4 Å². The average molecular weight is 261 g/mol. The summed E-state index contributed by atoms with van der Waals surface area (Å²) in [6.07, 6.45) is 0.606. The Hall–Kier alpha value is -1.84. The second-order valence-corrected chi connectivity index (χ2v) is 5.52. The monoisotopic (exact) mass is 261 g/mol. The third-order valence-corrected chi connectivity index (χ3v) is 3.85. The molecule has 0 unspecified atom stereocenters. The molecule has 0 aromatic heterocycles. The van der Waals surface area contributed by atoms with Gasteiger partial charge in [0.05, 0.1) is 7.11 Å². The molecule has 1 fully saturated rings.